The Hall–Kier alpha value is -3.21. The van der Waals surface area contributed by atoms with E-state index >= 15 is 0 Å². The van der Waals surface area contributed by atoms with Gasteiger partial charge in [0.1, 0.15) is 17.6 Å². The van der Waals surface area contributed by atoms with Crippen molar-refractivity contribution in [1.82, 2.24) is 0 Å². The number of carbonyl (C=O) groups excluding carboxylic acids is 1. The average Bonchev–Trinajstić information content (AvgIpc) is 2.59. The molecular formula is C17H13F3N2O3. The molecule has 0 saturated carbocycles. The van der Waals surface area contributed by atoms with Crippen LogP contribution in [0.3, 0.4) is 0 Å². The molecule has 0 spiro atoms. The Bertz CT molecular complexity index is 768. The lowest BCUT2D eigenvalue weighted by Crippen LogP contribution is -2.20. The van der Waals surface area contributed by atoms with Crippen molar-refractivity contribution in [2.75, 3.05) is 18.5 Å². The van der Waals surface area contributed by atoms with Crippen LogP contribution >= 0.6 is 0 Å². The number of nitrogens with zero attached hydrogens (tertiary/aromatic N) is 1. The molecule has 0 fully saturated rings. The van der Waals surface area contributed by atoms with Gasteiger partial charge in [-0.2, -0.15) is 18.4 Å². The van der Waals surface area contributed by atoms with Gasteiger partial charge in [0.15, 0.2) is 13.2 Å². The second-order valence-corrected chi connectivity index (χ2v) is 4.83. The number of hydrogen-bond donors (Lipinski definition) is 1. The summed E-state index contributed by atoms with van der Waals surface area (Å²) in [5.41, 5.74) is -0.389. The Labute approximate surface area is 141 Å². The van der Waals surface area contributed by atoms with Crippen LogP contribution < -0.4 is 14.8 Å². The van der Waals surface area contributed by atoms with Crippen molar-refractivity contribution in [3.8, 4) is 17.6 Å². The van der Waals surface area contributed by atoms with Crippen molar-refractivity contribution in [1.29, 1.82) is 5.26 Å². The highest BCUT2D eigenvalue weighted by Gasteiger charge is 2.30. The van der Waals surface area contributed by atoms with Crippen LogP contribution in [0, 0.1) is 11.3 Å². The number of amides is 1. The maximum absolute atomic E-state index is 12.6. The van der Waals surface area contributed by atoms with Gasteiger partial charge in [-0.1, -0.05) is 6.07 Å². The van der Waals surface area contributed by atoms with E-state index in [0.29, 0.717) is 11.4 Å². The molecule has 1 amide bonds. The molecule has 25 heavy (non-hydrogen) atoms. The number of benzene rings is 2. The van der Waals surface area contributed by atoms with Crippen molar-refractivity contribution in [2.45, 2.75) is 6.18 Å². The molecule has 0 aromatic heterocycles. The van der Waals surface area contributed by atoms with Gasteiger partial charge in [-0.05, 0) is 42.5 Å². The minimum atomic E-state index is -4.48. The van der Waals surface area contributed by atoms with Crippen LogP contribution in [0.2, 0.25) is 0 Å². The number of nitriles is 1. The SMILES string of the molecule is N#CCOc1ccc(NC(=O)COc2cccc(C(F)(F)F)c2)cc1. The molecule has 0 saturated heterocycles. The van der Waals surface area contributed by atoms with E-state index in [1.54, 1.807) is 24.3 Å². The largest absolute Gasteiger partial charge is 0.484 e. The van der Waals surface area contributed by atoms with E-state index in [2.05, 4.69) is 5.32 Å². The lowest BCUT2D eigenvalue weighted by molar-refractivity contribution is -0.137. The van der Waals surface area contributed by atoms with Gasteiger partial charge < -0.3 is 14.8 Å². The van der Waals surface area contributed by atoms with Crippen molar-refractivity contribution < 1.29 is 27.4 Å². The molecule has 0 atom stereocenters. The Balaban J connectivity index is 1.88. The van der Waals surface area contributed by atoms with E-state index in [0.717, 1.165) is 12.1 Å². The topological polar surface area (TPSA) is 71.3 Å². The predicted molar refractivity (Wildman–Crippen MR) is 83.1 cm³/mol. The third kappa shape index (κ3) is 5.73. The zero-order valence-electron chi connectivity index (χ0n) is 12.8. The molecule has 5 nitrogen and oxygen atoms in total. The highest BCUT2D eigenvalue weighted by Crippen LogP contribution is 2.31. The van der Waals surface area contributed by atoms with E-state index < -0.39 is 24.3 Å². The molecule has 0 heterocycles. The minimum absolute atomic E-state index is 0.0507. The van der Waals surface area contributed by atoms with Gasteiger partial charge in [-0.25, -0.2) is 0 Å². The van der Waals surface area contributed by atoms with E-state index in [1.165, 1.54) is 12.1 Å². The Morgan fingerprint density at radius 1 is 1.08 bits per heavy atom. The molecule has 1 N–H and O–H groups in total. The van der Waals surface area contributed by atoms with Gasteiger partial charge in [0, 0.05) is 5.69 Å². The van der Waals surface area contributed by atoms with Crippen LogP contribution in [-0.2, 0) is 11.0 Å². The summed E-state index contributed by atoms with van der Waals surface area (Å²) >= 11 is 0. The first kappa shape index (κ1) is 18.1. The maximum atomic E-state index is 12.6. The molecule has 0 aliphatic carbocycles. The molecule has 2 aromatic rings. The van der Waals surface area contributed by atoms with Crippen LogP contribution in [0.15, 0.2) is 48.5 Å². The van der Waals surface area contributed by atoms with Crippen LogP contribution in [-0.4, -0.2) is 19.1 Å². The summed E-state index contributed by atoms with van der Waals surface area (Å²) in [6.07, 6.45) is -4.48. The zero-order valence-corrected chi connectivity index (χ0v) is 12.8. The zero-order chi connectivity index (χ0) is 18.3. The second-order valence-electron chi connectivity index (χ2n) is 4.83. The monoisotopic (exact) mass is 350 g/mol. The summed E-state index contributed by atoms with van der Waals surface area (Å²) in [5.74, 6) is -0.104. The second kappa shape index (κ2) is 8.06. The minimum Gasteiger partial charge on any atom is -0.484 e. The van der Waals surface area contributed by atoms with Crippen LogP contribution in [0.1, 0.15) is 5.56 Å². The van der Waals surface area contributed by atoms with Gasteiger partial charge in [0.2, 0.25) is 0 Å². The van der Waals surface area contributed by atoms with Gasteiger partial charge in [-0.15, -0.1) is 0 Å². The number of rotatable bonds is 6. The number of halogens is 3. The fraction of sp³-hybridized carbons (Fsp3) is 0.176. The lowest BCUT2D eigenvalue weighted by Gasteiger charge is -2.10. The summed E-state index contributed by atoms with van der Waals surface area (Å²) in [7, 11) is 0. The molecule has 8 heteroatoms. The molecule has 0 unspecified atom stereocenters. The first-order valence-electron chi connectivity index (χ1n) is 7.08. The number of ether oxygens (including phenoxy) is 2. The Morgan fingerprint density at radius 3 is 2.44 bits per heavy atom. The number of nitrogens with one attached hydrogen (secondary N) is 1. The Kier molecular flexibility index (Phi) is 5.84. The van der Waals surface area contributed by atoms with Crippen molar-refractivity contribution in [3.63, 3.8) is 0 Å². The molecule has 0 aliphatic rings. The molecule has 0 bridgehead atoms. The molecule has 2 rings (SSSR count). The molecule has 130 valence electrons. The smallest absolute Gasteiger partial charge is 0.416 e. The summed E-state index contributed by atoms with van der Waals surface area (Å²) in [5, 5.41) is 10.9. The molecule has 0 radical (unpaired) electrons. The number of hydrogen-bond acceptors (Lipinski definition) is 4. The lowest BCUT2D eigenvalue weighted by atomic mass is 10.2. The molecule has 0 aliphatic heterocycles. The highest BCUT2D eigenvalue weighted by molar-refractivity contribution is 5.91. The van der Waals surface area contributed by atoms with Gasteiger partial charge in [0.05, 0.1) is 5.56 Å². The molecule has 2 aromatic carbocycles. The van der Waals surface area contributed by atoms with Gasteiger partial charge in [0.25, 0.3) is 5.91 Å². The van der Waals surface area contributed by atoms with Crippen LogP contribution in [0.4, 0.5) is 18.9 Å². The predicted octanol–water partition coefficient (Wildman–Crippen LogP) is 3.63. The fourth-order valence-electron chi connectivity index (χ4n) is 1.86. The average molecular weight is 350 g/mol. The normalized spacial score (nSPS) is 10.6. The van der Waals surface area contributed by atoms with E-state index in [1.807, 2.05) is 6.07 Å². The first-order chi connectivity index (χ1) is 11.9. The third-order valence-corrected chi connectivity index (χ3v) is 2.97. The van der Waals surface area contributed by atoms with Crippen LogP contribution in [0.5, 0.6) is 11.5 Å². The Morgan fingerprint density at radius 2 is 1.80 bits per heavy atom. The van der Waals surface area contributed by atoms with Crippen molar-refractivity contribution in [2.24, 2.45) is 0 Å². The van der Waals surface area contributed by atoms with E-state index in [4.69, 9.17) is 14.7 Å². The number of carbonyl (C=O) groups is 1. The van der Waals surface area contributed by atoms with E-state index in [9.17, 15) is 18.0 Å². The summed E-state index contributed by atoms with van der Waals surface area (Å²) in [4.78, 5) is 11.8. The van der Waals surface area contributed by atoms with Crippen molar-refractivity contribution >= 4 is 11.6 Å². The number of anilines is 1. The fourth-order valence-corrected chi connectivity index (χ4v) is 1.86. The van der Waals surface area contributed by atoms with Crippen LogP contribution in [0.25, 0.3) is 0 Å². The van der Waals surface area contributed by atoms with Gasteiger partial charge in [-0.3, -0.25) is 4.79 Å². The van der Waals surface area contributed by atoms with Gasteiger partial charge >= 0.3 is 6.18 Å². The maximum Gasteiger partial charge on any atom is 0.416 e. The standard InChI is InChI=1S/C17H13F3N2O3/c18-17(19,20)12-2-1-3-15(10-12)25-11-16(23)22-13-4-6-14(7-5-13)24-9-8-21/h1-7,10H,9,11H2,(H,22,23). The first-order valence-corrected chi connectivity index (χ1v) is 7.08. The summed E-state index contributed by atoms with van der Waals surface area (Å²) < 4.78 is 48.0. The van der Waals surface area contributed by atoms with E-state index in [-0.39, 0.29) is 12.4 Å². The number of alkyl halides is 3. The van der Waals surface area contributed by atoms with Crippen molar-refractivity contribution in [3.05, 3.63) is 54.1 Å². The summed E-state index contributed by atoms with van der Waals surface area (Å²) in [6, 6.07) is 12.4. The quantitative estimate of drug-likeness (QED) is 0.864. The summed E-state index contributed by atoms with van der Waals surface area (Å²) in [6.45, 7) is -0.523. The molecular weight excluding hydrogens is 337 g/mol. The highest BCUT2D eigenvalue weighted by atomic mass is 19.4. The third-order valence-electron chi connectivity index (χ3n) is 2.97.